The quantitative estimate of drug-likeness (QED) is 0.175. The molecule has 10 aromatic rings. The summed E-state index contributed by atoms with van der Waals surface area (Å²) >= 11 is 0. The van der Waals surface area contributed by atoms with Crippen LogP contribution in [0.1, 0.15) is 11.1 Å². The molecule has 0 aliphatic heterocycles. The maximum absolute atomic E-state index is 14.5. The highest BCUT2D eigenvalue weighted by Gasteiger charge is 2.26. The average Bonchev–Trinajstić information content (AvgIpc) is 3.55. The maximum atomic E-state index is 14.5. The first-order chi connectivity index (χ1) is 22.5. The minimum atomic E-state index is -0.257. The lowest BCUT2D eigenvalue weighted by molar-refractivity contribution is 0.627. The van der Waals surface area contributed by atoms with E-state index in [0.29, 0.717) is 0 Å². The van der Waals surface area contributed by atoms with Crippen LogP contribution in [0.2, 0.25) is 0 Å². The molecule has 0 atom stereocenters. The first-order valence-corrected chi connectivity index (χ1v) is 15.7. The number of benzene rings is 8. The molecule has 0 N–H and O–H groups in total. The fraction of sp³-hybridized carbons (Fsp3) is 0.0455. The van der Waals surface area contributed by atoms with Crippen LogP contribution in [0.4, 0.5) is 8.78 Å². The third kappa shape index (κ3) is 3.31. The molecule has 46 heavy (non-hydrogen) atoms. The van der Waals surface area contributed by atoms with Crippen molar-refractivity contribution >= 4 is 75.4 Å². The van der Waals surface area contributed by atoms with E-state index in [0.717, 1.165) is 43.8 Å². The zero-order chi connectivity index (χ0) is 30.8. The second-order valence-corrected chi connectivity index (χ2v) is 12.9. The predicted molar refractivity (Wildman–Crippen MR) is 192 cm³/mol. The molecule has 0 spiro atoms. The van der Waals surface area contributed by atoms with Gasteiger partial charge in [0.1, 0.15) is 11.6 Å². The summed E-state index contributed by atoms with van der Waals surface area (Å²) in [5, 5.41) is 16.7. The fourth-order valence-electron chi connectivity index (χ4n) is 8.42. The molecule has 0 bridgehead atoms. The number of fused-ring (bicyclic) bond motifs is 8. The molecule has 0 aliphatic rings. The minimum absolute atomic E-state index is 0.257. The molecule has 10 aromatic carbocycles. The molecule has 2 heteroatoms. The zero-order valence-electron chi connectivity index (χ0n) is 25.3. The van der Waals surface area contributed by atoms with Crippen LogP contribution in [-0.2, 0) is 0 Å². The van der Waals surface area contributed by atoms with E-state index in [1.165, 1.54) is 65.0 Å². The van der Waals surface area contributed by atoms with Crippen LogP contribution >= 0.6 is 0 Å². The van der Waals surface area contributed by atoms with E-state index in [4.69, 9.17) is 0 Å². The van der Waals surface area contributed by atoms with Gasteiger partial charge in [0.15, 0.2) is 0 Å². The van der Waals surface area contributed by atoms with Crippen LogP contribution < -0.4 is 0 Å². The van der Waals surface area contributed by atoms with Gasteiger partial charge in [-0.15, -0.1) is 0 Å². The Morgan fingerprint density at radius 1 is 0.348 bits per heavy atom. The molecule has 0 heterocycles. The molecular weight excluding hydrogens is 566 g/mol. The average molecular weight is 593 g/mol. The molecular formula is C44H26F2. The van der Waals surface area contributed by atoms with Crippen LogP contribution in [0.3, 0.4) is 0 Å². The Kier molecular flexibility index (Phi) is 5.02. The van der Waals surface area contributed by atoms with Gasteiger partial charge in [-0.2, -0.15) is 0 Å². The van der Waals surface area contributed by atoms with Gasteiger partial charge in [0.2, 0.25) is 0 Å². The van der Waals surface area contributed by atoms with E-state index < -0.39 is 0 Å². The lowest BCUT2D eigenvalue weighted by atomic mass is 9.83. The van der Waals surface area contributed by atoms with Crippen molar-refractivity contribution in [1.29, 1.82) is 0 Å². The first-order valence-electron chi connectivity index (χ1n) is 15.7. The van der Waals surface area contributed by atoms with Gasteiger partial charge < -0.3 is 0 Å². The van der Waals surface area contributed by atoms with Gasteiger partial charge in [-0.3, -0.25) is 0 Å². The smallest absolute Gasteiger partial charge is 0.123 e. The summed E-state index contributed by atoms with van der Waals surface area (Å²) in [4.78, 5) is 0. The molecule has 0 saturated heterocycles. The van der Waals surface area contributed by atoms with Crippen molar-refractivity contribution in [2.75, 3.05) is 0 Å². The second kappa shape index (κ2) is 8.99. The van der Waals surface area contributed by atoms with Gasteiger partial charge in [0.25, 0.3) is 0 Å². The Hall–Kier alpha value is -5.60. The number of hydrogen-bond donors (Lipinski definition) is 0. The normalized spacial score (nSPS) is 12.3. The molecule has 216 valence electrons. The minimum Gasteiger partial charge on any atom is -0.207 e. The van der Waals surface area contributed by atoms with E-state index >= 15 is 0 Å². The summed E-state index contributed by atoms with van der Waals surface area (Å²) < 4.78 is 29.0. The summed E-state index contributed by atoms with van der Waals surface area (Å²) in [6.45, 7) is 4.31. The van der Waals surface area contributed by atoms with Crippen LogP contribution in [0.15, 0.2) is 121 Å². The third-order valence-corrected chi connectivity index (χ3v) is 10.1. The van der Waals surface area contributed by atoms with E-state index in [2.05, 4.69) is 86.6 Å². The molecule has 0 amide bonds. The highest BCUT2D eigenvalue weighted by atomic mass is 19.1. The number of hydrogen-bond acceptors (Lipinski definition) is 0. The molecule has 0 unspecified atom stereocenters. The molecule has 0 aromatic heterocycles. The topological polar surface area (TPSA) is 0 Å². The van der Waals surface area contributed by atoms with Crippen molar-refractivity contribution in [3.05, 3.63) is 144 Å². The number of halogens is 2. The largest absolute Gasteiger partial charge is 0.207 e. The van der Waals surface area contributed by atoms with Crippen molar-refractivity contribution in [3.63, 3.8) is 0 Å². The lowest BCUT2D eigenvalue weighted by Gasteiger charge is -2.19. The Morgan fingerprint density at radius 2 is 0.870 bits per heavy atom. The van der Waals surface area contributed by atoms with Crippen LogP contribution in [0.25, 0.3) is 97.7 Å². The Morgan fingerprint density at radius 3 is 1.50 bits per heavy atom. The van der Waals surface area contributed by atoms with E-state index in [1.54, 1.807) is 24.3 Å². The molecule has 0 aliphatic carbocycles. The van der Waals surface area contributed by atoms with Gasteiger partial charge in [-0.05, 0) is 153 Å². The van der Waals surface area contributed by atoms with Gasteiger partial charge >= 0.3 is 0 Å². The van der Waals surface area contributed by atoms with Gasteiger partial charge in [0, 0.05) is 0 Å². The van der Waals surface area contributed by atoms with E-state index in [9.17, 15) is 8.78 Å². The van der Waals surface area contributed by atoms with Crippen molar-refractivity contribution < 1.29 is 8.78 Å². The van der Waals surface area contributed by atoms with E-state index in [1.807, 2.05) is 24.3 Å². The molecule has 10 rings (SSSR count). The number of aryl methyl sites for hydroxylation is 2. The fourth-order valence-corrected chi connectivity index (χ4v) is 8.42. The van der Waals surface area contributed by atoms with Crippen molar-refractivity contribution in [2.24, 2.45) is 0 Å². The molecule has 0 radical (unpaired) electrons. The Balaban J connectivity index is 1.60. The standard InChI is InChI=1S/C44H26F2/c1-23-18-27-19-24(2)21-36-38(27)35(20-23)43-39(25-10-14-28(45)15-11-25)37-22-34-31-7-4-3-6-30(31)32-8-5-9-33(41(32)34)42(37)40(44(36)43)26-12-16-29(46)17-13-26/h3-22H,1-2H3. The molecule has 0 nitrogen and oxygen atoms in total. The SMILES string of the molecule is Cc1cc2cc(C)cc3c4c(-c5ccc(F)cc5)c5c(cc6c7ccccc7c7cccc5c76)c(-c5ccc(F)cc5)c4c(c1)c23. The summed E-state index contributed by atoms with van der Waals surface area (Å²) in [6.07, 6.45) is 0. The van der Waals surface area contributed by atoms with Crippen LogP contribution in [0, 0.1) is 25.5 Å². The molecule has 0 saturated carbocycles. The Bertz CT molecular complexity index is 2860. The lowest BCUT2D eigenvalue weighted by Crippen LogP contribution is -1.92. The van der Waals surface area contributed by atoms with Crippen molar-refractivity contribution in [3.8, 4) is 22.3 Å². The number of rotatable bonds is 2. The monoisotopic (exact) mass is 592 g/mol. The highest BCUT2D eigenvalue weighted by molar-refractivity contribution is 6.44. The maximum Gasteiger partial charge on any atom is 0.123 e. The van der Waals surface area contributed by atoms with Gasteiger partial charge in [0.05, 0.1) is 0 Å². The van der Waals surface area contributed by atoms with Crippen molar-refractivity contribution in [2.45, 2.75) is 13.8 Å². The predicted octanol–water partition coefficient (Wildman–Crippen LogP) is 12.9. The second-order valence-electron chi connectivity index (χ2n) is 12.9. The summed E-state index contributed by atoms with van der Waals surface area (Å²) in [5.74, 6) is -0.514. The summed E-state index contributed by atoms with van der Waals surface area (Å²) in [7, 11) is 0. The Labute approximate surface area is 263 Å². The van der Waals surface area contributed by atoms with Gasteiger partial charge in [-0.1, -0.05) is 91.0 Å². The van der Waals surface area contributed by atoms with Crippen LogP contribution in [-0.4, -0.2) is 0 Å². The van der Waals surface area contributed by atoms with Crippen molar-refractivity contribution in [1.82, 2.24) is 0 Å². The third-order valence-electron chi connectivity index (χ3n) is 10.1. The summed E-state index contributed by atoms with van der Waals surface area (Å²) in [6, 6.07) is 40.7. The first kappa shape index (κ1) is 25.7. The van der Waals surface area contributed by atoms with Gasteiger partial charge in [-0.25, -0.2) is 8.78 Å². The van der Waals surface area contributed by atoms with E-state index in [-0.39, 0.29) is 11.6 Å². The zero-order valence-corrected chi connectivity index (χ0v) is 25.3. The summed E-state index contributed by atoms with van der Waals surface area (Å²) in [5.41, 5.74) is 6.54. The highest BCUT2D eigenvalue weighted by Crippen LogP contribution is 2.54. The molecule has 0 fully saturated rings. The van der Waals surface area contributed by atoms with Crippen LogP contribution in [0.5, 0.6) is 0 Å².